The lowest BCUT2D eigenvalue weighted by molar-refractivity contribution is 0.0657. The summed E-state index contributed by atoms with van der Waals surface area (Å²) < 4.78 is 5.53. The molecule has 1 aromatic carbocycles. The van der Waals surface area contributed by atoms with Gasteiger partial charge in [-0.15, -0.1) is 0 Å². The first-order chi connectivity index (χ1) is 6.22. The summed E-state index contributed by atoms with van der Waals surface area (Å²) in [6.45, 7) is 7.02. The summed E-state index contributed by atoms with van der Waals surface area (Å²) in [5, 5.41) is 0. The van der Waals surface area contributed by atoms with Crippen LogP contribution in [-0.2, 0) is 17.8 Å². The molecule has 1 nitrogen and oxygen atoms in total. The van der Waals surface area contributed by atoms with Gasteiger partial charge in [-0.05, 0) is 31.4 Å². The van der Waals surface area contributed by atoms with Crippen LogP contribution in [0.25, 0.3) is 0 Å². The van der Waals surface area contributed by atoms with E-state index < -0.39 is 0 Å². The maximum Gasteiger partial charge on any atom is 0.0720 e. The molecule has 0 bridgehead atoms. The minimum absolute atomic E-state index is 0.310. The fourth-order valence-corrected chi connectivity index (χ4v) is 1.20. The van der Waals surface area contributed by atoms with Crippen molar-refractivity contribution in [1.29, 1.82) is 0 Å². The zero-order valence-electron chi connectivity index (χ0n) is 8.71. The summed E-state index contributed by atoms with van der Waals surface area (Å²) >= 11 is 0. The first-order valence-electron chi connectivity index (χ1n) is 4.91. The zero-order chi connectivity index (χ0) is 9.68. The highest BCUT2D eigenvalue weighted by Gasteiger charge is 1.96. The summed E-state index contributed by atoms with van der Waals surface area (Å²) in [5.41, 5.74) is 2.65. The lowest BCUT2D eigenvalue weighted by Gasteiger charge is -2.08. The molecular weight excluding hydrogens is 160 g/mol. The molecule has 0 spiro atoms. The van der Waals surface area contributed by atoms with Crippen molar-refractivity contribution >= 4 is 0 Å². The molecule has 0 atom stereocenters. The van der Waals surface area contributed by atoms with Crippen LogP contribution in [-0.4, -0.2) is 6.10 Å². The van der Waals surface area contributed by atoms with Gasteiger partial charge >= 0.3 is 0 Å². The standard InChI is InChI=1S/C12H18O/c1-4-11-6-5-7-12(8-11)9-13-10(2)3/h5-8,10H,4,9H2,1-3H3. The molecule has 0 aliphatic carbocycles. The van der Waals surface area contributed by atoms with Gasteiger partial charge in [0.1, 0.15) is 0 Å². The van der Waals surface area contributed by atoms with Crippen molar-refractivity contribution in [3.63, 3.8) is 0 Å². The Hall–Kier alpha value is -0.820. The Balaban J connectivity index is 2.56. The van der Waals surface area contributed by atoms with Gasteiger partial charge in [0.05, 0.1) is 12.7 Å². The molecule has 1 aromatic rings. The number of rotatable bonds is 4. The third-order valence-electron chi connectivity index (χ3n) is 1.98. The molecule has 0 amide bonds. The normalized spacial score (nSPS) is 10.8. The van der Waals surface area contributed by atoms with Crippen LogP contribution in [0.1, 0.15) is 31.9 Å². The number of hydrogen-bond donors (Lipinski definition) is 0. The van der Waals surface area contributed by atoms with Gasteiger partial charge in [-0.1, -0.05) is 31.2 Å². The van der Waals surface area contributed by atoms with E-state index in [4.69, 9.17) is 4.74 Å². The second-order valence-corrected chi connectivity index (χ2v) is 3.53. The van der Waals surface area contributed by atoms with E-state index in [9.17, 15) is 0 Å². The molecule has 1 rings (SSSR count). The molecular formula is C12H18O. The number of ether oxygens (including phenoxy) is 1. The maximum absolute atomic E-state index is 5.53. The van der Waals surface area contributed by atoms with Crippen LogP contribution < -0.4 is 0 Å². The molecule has 0 unspecified atom stereocenters. The number of hydrogen-bond acceptors (Lipinski definition) is 1. The summed E-state index contributed by atoms with van der Waals surface area (Å²) in [6.07, 6.45) is 1.40. The van der Waals surface area contributed by atoms with Crippen molar-refractivity contribution in [3.8, 4) is 0 Å². The second kappa shape index (κ2) is 5.03. The van der Waals surface area contributed by atoms with E-state index >= 15 is 0 Å². The van der Waals surface area contributed by atoms with E-state index in [1.807, 2.05) is 0 Å². The highest BCUT2D eigenvalue weighted by Crippen LogP contribution is 2.08. The molecule has 13 heavy (non-hydrogen) atoms. The maximum atomic E-state index is 5.53. The molecule has 0 saturated carbocycles. The first kappa shape index (κ1) is 10.3. The van der Waals surface area contributed by atoms with Gasteiger partial charge in [-0.2, -0.15) is 0 Å². The summed E-state index contributed by atoms with van der Waals surface area (Å²) in [4.78, 5) is 0. The Morgan fingerprint density at radius 3 is 2.54 bits per heavy atom. The predicted molar refractivity (Wildman–Crippen MR) is 55.7 cm³/mol. The molecule has 0 aliphatic heterocycles. The lowest BCUT2D eigenvalue weighted by atomic mass is 10.1. The van der Waals surface area contributed by atoms with Crippen LogP contribution >= 0.6 is 0 Å². The van der Waals surface area contributed by atoms with Gasteiger partial charge in [0.15, 0.2) is 0 Å². The van der Waals surface area contributed by atoms with Crippen LogP contribution in [0, 0.1) is 0 Å². The highest BCUT2D eigenvalue weighted by molar-refractivity contribution is 5.22. The average molecular weight is 178 g/mol. The van der Waals surface area contributed by atoms with Crippen LogP contribution in [0.2, 0.25) is 0 Å². The van der Waals surface area contributed by atoms with Gasteiger partial charge in [0, 0.05) is 0 Å². The predicted octanol–water partition coefficient (Wildman–Crippen LogP) is 3.17. The van der Waals surface area contributed by atoms with Crippen molar-refractivity contribution in [1.82, 2.24) is 0 Å². The number of aryl methyl sites for hydroxylation is 1. The van der Waals surface area contributed by atoms with Crippen molar-refractivity contribution in [2.24, 2.45) is 0 Å². The summed E-state index contributed by atoms with van der Waals surface area (Å²) in [7, 11) is 0. The fraction of sp³-hybridized carbons (Fsp3) is 0.500. The Morgan fingerprint density at radius 1 is 1.23 bits per heavy atom. The molecule has 0 saturated heterocycles. The highest BCUT2D eigenvalue weighted by atomic mass is 16.5. The van der Waals surface area contributed by atoms with E-state index in [0.717, 1.165) is 13.0 Å². The van der Waals surface area contributed by atoms with E-state index in [2.05, 4.69) is 45.0 Å². The van der Waals surface area contributed by atoms with Crippen LogP contribution in [0.3, 0.4) is 0 Å². The molecule has 0 fully saturated rings. The minimum atomic E-state index is 0.310. The largest absolute Gasteiger partial charge is 0.374 e. The van der Waals surface area contributed by atoms with Gasteiger partial charge in [0.25, 0.3) is 0 Å². The molecule has 1 heteroatoms. The monoisotopic (exact) mass is 178 g/mol. The SMILES string of the molecule is CCc1cccc(COC(C)C)c1. The van der Waals surface area contributed by atoms with E-state index in [-0.39, 0.29) is 0 Å². The first-order valence-corrected chi connectivity index (χ1v) is 4.91. The van der Waals surface area contributed by atoms with Gasteiger partial charge in [-0.25, -0.2) is 0 Å². The quantitative estimate of drug-likeness (QED) is 0.688. The zero-order valence-corrected chi connectivity index (χ0v) is 8.71. The second-order valence-electron chi connectivity index (χ2n) is 3.53. The van der Waals surface area contributed by atoms with Crippen molar-refractivity contribution < 1.29 is 4.74 Å². The Bertz CT molecular complexity index is 253. The third-order valence-corrected chi connectivity index (χ3v) is 1.98. The molecule has 0 radical (unpaired) electrons. The van der Waals surface area contributed by atoms with Crippen LogP contribution in [0.4, 0.5) is 0 Å². The van der Waals surface area contributed by atoms with Gasteiger partial charge in [0.2, 0.25) is 0 Å². The third kappa shape index (κ3) is 3.60. The van der Waals surface area contributed by atoms with Crippen molar-refractivity contribution in [3.05, 3.63) is 35.4 Å². The Morgan fingerprint density at radius 2 is 1.92 bits per heavy atom. The van der Waals surface area contributed by atoms with Crippen LogP contribution in [0.5, 0.6) is 0 Å². The summed E-state index contributed by atoms with van der Waals surface area (Å²) in [6, 6.07) is 8.57. The molecule has 0 N–H and O–H groups in total. The van der Waals surface area contributed by atoms with Crippen molar-refractivity contribution in [2.75, 3.05) is 0 Å². The van der Waals surface area contributed by atoms with E-state index in [1.54, 1.807) is 0 Å². The topological polar surface area (TPSA) is 9.23 Å². The molecule has 0 aliphatic rings. The van der Waals surface area contributed by atoms with Crippen molar-refractivity contribution in [2.45, 2.75) is 39.9 Å². The van der Waals surface area contributed by atoms with Crippen LogP contribution in [0.15, 0.2) is 24.3 Å². The molecule has 0 heterocycles. The smallest absolute Gasteiger partial charge is 0.0720 e. The molecule has 72 valence electrons. The van der Waals surface area contributed by atoms with Gasteiger partial charge < -0.3 is 4.74 Å². The minimum Gasteiger partial charge on any atom is -0.374 e. The molecule has 0 aromatic heterocycles. The summed E-state index contributed by atoms with van der Waals surface area (Å²) in [5.74, 6) is 0. The Labute approximate surface area is 80.7 Å². The number of benzene rings is 1. The van der Waals surface area contributed by atoms with E-state index in [0.29, 0.717) is 6.10 Å². The average Bonchev–Trinajstić information content (AvgIpc) is 2.15. The Kier molecular flexibility index (Phi) is 3.97. The van der Waals surface area contributed by atoms with Gasteiger partial charge in [-0.3, -0.25) is 0 Å². The lowest BCUT2D eigenvalue weighted by Crippen LogP contribution is -2.02. The van der Waals surface area contributed by atoms with E-state index in [1.165, 1.54) is 11.1 Å². The fourth-order valence-electron chi connectivity index (χ4n) is 1.20.